The van der Waals surface area contributed by atoms with Crippen LogP contribution in [0.5, 0.6) is 5.75 Å². The van der Waals surface area contributed by atoms with Crippen LogP contribution >= 0.6 is 0 Å². The van der Waals surface area contributed by atoms with Crippen LogP contribution in [0.1, 0.15) is 46.8 Å². The van der Waals surface area contributed by atoms with Gasteiger partial charge >= 0.3 is 0 Å². The second kappa shape index (κ2) is 7.96. The van der Waals surface area contributed by atoms with Gasteiger partial charge in [0.05, 0.1) is 23.6 Å². The normalized spacial score (nSPS) is 15.2. The van der Waals surface area contributed by atoms with Crippen molar-refractivity contribution in [1.29, 1.82) is 0 Å². The number of aryl methyl sites for hydroxylation is 1. The summed E-state index contributed by atoms with van der Waals surface area (Å²) >= 11 is 0. The highest BCUT2D eigenvalue weighted by Gasteiger charge is 2.44. The van der Waals surface area contributed by atoms with Crippen LogP contribution in [0, 0.1) is 6.92 Å². The van der Waals surface area contributed by atoms with E-state index in [1.54, 1.807) is 35.2 Å². The topological polar surface area (TPSA) is 72.6 Å². The number of para-hydroxylation sites is 1. The van der Waals surface area contributed by atoms with Crippen LogP contribution in [0.2, 0.25) is 0 Å². The summed E-state index contributed by atoms with van der Waals surface area (Å²) in [6, 6.07) is 19.3. The Morgan fingerprint density at radius 1 is 1.00 bits per heavy atom. The summed E-state index contributed by atoms with van der Waals surface area (Å²) in [6.07, 6.45) is 0.910. The van der Waals surface area contributed by atoms with Crippen molar-refractivity contribution in [2.24, 2.45) is 0 Å². The van der Waals surface area contributed by atoms with E-state index in [0.29, 0.717) is 29.0 Å². The second-order valence-electron chi connectivity index (χ2n) is 7.80. The minimum Gasteiger partial charge on any atom is -0.494 e. The quantitative estimate of drug-likeness (QED) is 0.447. The maximum absolute atomic E-state index is 13.5. The second-order valence-corrected chi connectivity index (χ2v) is 7.80. The molecule has 32 heavy (non-hydrogen) atoms. The number of benzene rings is 2. The molecular weight excluding hydrogens is 404 g/mol. The Balaban J connectivity index is 1.72. The van der Waals surface area contributed by atoms with E-state index >= 15 is 0 Å². The van der Waals surface area contributed by atoms with Crippen molar-refractivity contribution in [3.05, 3.63) is 99.5 Å². The molecule has 0 saturated carbocycles. The number of nitrogens with zero attached hydrogens (tertiary/aromatic N) is 2. The van der Waals surface area contributed by atoms with Crippen molar-refractivity contribution in [3.63, 3.8) is 0 Å². The molecule has 6 nitrogen and oxygen atoms in total. The van der Waals surface area contributed by atoms with Crippen molar-refractivity contribution >= 4 is 22.7 Å². The fourth-order valence-corrected chi connectivity index (χ4v) is 4.10. The first-order chi connectivity index (χ1) is 15.6. The number of carbonyl (C=O) groups is 1. The van der Waals surface area contributed by atoms with E-state index in [1.165, 1.54) is 0 Å². The summed E-state index contributed by atoms with van der Waals surface area (Å²) in [4.78, 5) is 33.1. The van der Waals surface area contributed by atoms with E-state index in [-0.39, 0.29) is 17.1 Å². The zero-order valence-electron chi connectivity index (χ0n) is 17.9. The first-order valence-corrected chi connectivity index (χ1v) is 10.6. The Labute approximate surface area is 185 Å². The minimum absolute atomic E-state index is 0.0633. The minimum atomic E-state index is -0.645. The van der Waals surface area contributed by atoms with Crippen LogP contribution in [-0.4, -0.2) is 17.5 Å². The van der Waals surface area contributed by atoms with E-state index in [1.807, 2.05) is 50.2 Å². The van der Waals surface area contributed by atoms with Gasteiger partial charge in [-0.1, -0.05) is 37.3 Å². The van der Waals surface area contributed by atoms with Gasteiger partial charge in [-0.3, -0.25) is 14.5 Å². The van der Waals surface area contributed by atoms with Crippen molar-refractivity contribution in [3.8, 4) is 5.75 Å². The van der Waals surface area contributed by atoms with Gasteiger partial charge in [0.2, 0.25) is 5.76 Å². The number of aromatic nitrogens is 1. The molecule has 0 aliphatic carbocycles. The van der Waals surface area contributed by atoms with E-state index in [4.69, 9.17) is 9.15 Å². The Bertz CT molecular complexity index is 1370. The van der Waals surface area contributed by atoms with Crippen LogP contribution in [0.15, 0.2) is 75.9 Å². The monoisotopic (exact) mass is 426 g/mol. The van der Waals surface area contributed by atoms with Crippen molar-refractivity contribution in [1.82, 2.24) is 4.98 Å². The van der Waals surface area contributed by atoms with E-state index < -0.39 is 6.04 Å². The molecule has 0 spiro atoms. The van der Waals surface area contributed by atoms with Crippen LogP contribution in [0.3, 0.4) is 0 Å². The molecule has 1 aliphatic rings. The van der Waals surface area contributed by atoms with E-state index in [9.17, 15) is 9.59 Å². The average Bonchev–Trinajstić information content (AvgIpc) is 3.11. The third kappa shape index (κ3) is 3.24. The molecule has 1 amide bonds. The third-order valence-electron chi connectivity index (χ3n) is 5.57. The Hall–Kier alpha value is -3.93. The maximum atomic E-state index is 13.5. The van der Waals surface area contributed by atoms with Gasteiger partial charge < -0.3 is 9.15 Å². The Morgan fingerprint density at radius 3 is 2.53 bits per heavy atom. The van der Waals surface area contributed by atoms with Crippen molar-refractivity contribution in [2.45, 2.75) is 26.3 Å². The van der Waals surface area contributed by atoms with Gasteiger partial charge in [0.15, 0.2) is 5.43 Å². The Morgan fingerprint density at radius 2 is 1.78 bits per heavy atom. The predicted octanol–water partition coefficient (Wildman–Crippen LogP) is 5.04. The average molecular weight is 426 g/mol. The molecular formula is C26H22N2O4. The first kappa shape index (κ1) is 20.0. The number of rotatable bonds is 5. The summed E-state index contributed by atoms with van der Waals surface area (Å²) in [6.45, 7) is 4.54. The van der Waals surface area contributed by atoms with Gasteiger partial charge in [0.1, 0.15) is 17.2 Å². The summed E-state index contributed by atoms with van der Waals surface area (Å²) in [5.74, 6) is 0.901. The number of anilines is 1. The first-order valence-electron chi connectivity index (χ1n) is 10.6. The summed E-state index contributed by atoms with van der Waals surface area (Å²) in [5, 5.41) is 0.450. The van der Waals surface area contributed by atoms with Gasteiger partial charge in [-0.05, 0) is 55.3 Å². The fraction of sp³-hybridized carbons (Fsp3) is 0.192. The molecule has 3 heterocycles. The molecule has 1 atom stereocenters. The maximum Gasteiger partial charge on any atom is 0.296 e. The van der Waals surface area contributed by atoms with Gasteiger partial charge in [-0.2, -0.15) is 0 Å². The SMILES string of the molecule is CCCOc1ccc([C@@H]2c3c(oc4ccccc4c3=O)C(=O)N2c2cccc(C)n2)cc1. The lowest BCUT2D eigenvalue weighted by molar-refractivity contribution is 0.0970. The summed E-state index contributed by atoms with van der Waals surface area (Å²) in [7, 11) is 0. The van der Waals surface area contributed by atoms with E-state index in [2.05, 4.69) is 4.98 Å². The van der Waals surface area contributed by atoms with Gasteiger partial charge in [0, 0.05) is 5.69 Å². The number of hydrogen-bond donors (Lipinski definition) is 0. The smallest absolute Gasteiger partial charge is 0.296 e. The molecule has 0 bridgehead atoms. The van der Waals surface area contributed by atoms with Gasteiger partial charge in [0.25, 0.3) is 5.91 Å². The molecule has 0 unspecified atom stereocenters. The van der Waals surface area contributed by atoms with Crippen LogP contribution < -0.4 is 15.1 Å². The summed E-state index contributed by atoms with van der Waals surface area (Å²) < 4.78 is 11.7. The number of hydrogen-bond acceptors (Lipinski definition) is 5. The lowest BCUT2D eigenvalue weighted by Gasteiger charge is -2.24. The molecule has 0 saturated heterocycles. The highest BCUT2D eigenvalue weighted by atomic mass is 16.5. The van der Waals surface area contributed by atoms with E-state index in [0.717, 1.165) is 23.4 Å². The van der Waals surface area contributed by atoms with Gasteiger partial charge in [-0.15, -0.1) is 0 Å². The molecule has 5 rings (SSSR count). The fourth-order valence-electron chi connectivity index (χ4n) is 4.10. The third-order valence-corrected chi connectivity index (χ3v) is 5.57. The molecule has 6 heteroatoms. The molecule has 0 radical (unpaired) electrons. The number of ether oxygens (including phenoxy) is 1. The Kier molecular flexibility index (Phi) is 4.98. The van der Waals surface area contributed by atoms with Crippen LogP contribution in [0.4, 0.5) is 5.82 Å². The highest BCUT2D eigenvalue weighted by molar-refractivity contribution is 6.10. The van der Waals surface area contributed by atoms with Crippen LogP contribution in [0.25, 0.3) is 11.0 Å². The van der Waals surface area contributed by atoms with Gasteiger partial charge in [-0.25, -0.2) is 4.98 Å². The predicted molar refractivity (Wildman–Crippen MR) is 122 cm³/mol. The molecule has 0 N–H and O–H groups in total. The zero-order chi connectivity index (χ0) is 22.2. The summed E-state index contributed by atoms with van der Waals surface area (Å²) in [5.41, 5.74) is 2.08. The molecule has 4 aromatic rings. The largest absolute Gasteiger partial charge is 0.494 e. The van der Waals surface area contributed by atoms with Crippen molar-refractivity contribution in [2.75, 3.05) is 11.5 Å². The molecule has 2 aromatic heterocycles. The number of fused-ring (bicyclic) bond motifs is 2. The zero-order valence-corrected chi connectivity index (χ0v) is 17.9. The highest BCUT2D eigenvalue weighted by Crippen LogP contribution is 2.40. The lowest BCUT2D eigenvalue weighted by Crippen LogP contribution is -2.30. The number of carbonyl (C=O) groups excluding carboxylic acids is 1. The molecule has 160 valence electrons. The molecule has 1 aliphatic heterocycles. The molecule has 0 fully saturated rings. The van der Waals surface area contributed by atoms with Crippen molar-refractivity contribution < 1.29 is 13.9 Å². The molecule has 2 aromatic carbocycles. The van der Waals surface area contributed by atoms with Crippen LogP contribution in [-0.2, 0) is 0 Å². The lowest BCUT2D eigenvalue weighted by atomic mass is 9.98. The number of pyridine rings is 1. The number of amides is 1. The standard InChI is InChI=1S/C26H22N2O4/c1-3-15-31-18-13-11-17(12-14-18)23-22-24(29)19-8-4-5-9-20(19)32-25(22)26(30)28(23)21-10-6-7-16(2)27-21/h4-14,23H,3,15H2,1-2H3/t23-/m1/s1.